The Morgan fingerprint density at radius 1 is 0.825 bits per heavy atom. The number of halogens is 1. The van der Waals surface area contributed by atoms with E-state index in [9.17, 15) is 9.59 Å². The molecule has 1 N–H and O–H groups in total. The van der Waals surface area contributed by atoms with Crippen LogP contribution in [-0.2, 0) is 6.54 Å². The highest BCUT2D eigenvalue weighted by Crippen LogP contribution is 2.46. The van der Waals surface area contributed by atoms with Crippen molar-refractivity contribution in [2.75, 3.05) is 16.8 Å². The average Bonchev–Trinajstić information content (AvgIpc) is 3.54. The number of nitrogens with zero attached hydrogens (tertiary/aromatic N) is 2. The van der Waals surface area contributed by atoms with Crippen LogP contribution in [0.4, 0.5) is 11.4 Å². The van der Waals surface area contributed by atoms with E-state index in [1.807, 2.05) is 71.6 Å². The SMILES string of the molecule is O=C(Nc1ccc(C(=O)N2C[C@@H]3[C@H]4CC[C@H](C4)N3Cc3ccccc32)c(Cl)c1)c1ccccc1-c1ccccc1. The summed E-state index contributed by atoms with van der Waals surface area (Å²) in [6.07, 6.45) is 3.73. The second-order valence-corrected chi connectivity index (χ2v) is 11.5. The summed E-state index contributed by atoms with van der Waals surface area (Å²) < 4.78 is 0. The monoisotopic (exact) mass is 547 g/mol. The maximum absolute atomic E-state index is 14.0. The lowest BCUT2D eigenvalue weighted by molar-refractivity contribution is 0.0961. The fourth-order valence-corrected chi connectivity index (χ4v) is 7.19. The first kappa shape index (κ1) is 25.1. The Balaban J connectivity index is 1.15. The smallest absolute Gasteiger partial charge is 0.259 e. The summed E-state index contributed by atoms with van der Waals surface area (Å²) in [6.45, 7) is 1.55. The van der Waals surface area contributed by atoms with Crippen LogP contribution in [-0.4, -0.2) is 35.3 Å². The summed E-state index contributed by atoms with van der Waals surface area (Å²) in [7, 11) is 0. The van der Waals surface area contributed by atoms with Gasteiger partial charge in [-0.1, -0.05) is 78.3 Å². The van der Waals surface area contributed by atoms with Gasteiger partial charge in [0.2, 0.25) is 0 Å². The molecule has 2 amide bonds. The van der Waals surface area contributed by atoms with Crippen molar-refractivity contribution < 1.29 is 9.59 Å². The molecular formula is C34H30ClN3O2. The number of nitrogens with one attached hydrogen (secondary N) is 1. The average molecular weight is 548 g/mol. The van der Waals surface area contributed by atoms with Crippen LogP contribution in [0.1, 0.15) is 45.5 Å². The van der Waals surface area contributed by atoms with Crippen molar-refractivity contribution in [2.45, 2.75) is 37.9 Å². The van der Waals surface area contributed by atoms with Gasteiger partial charge in [0.25, 0.3) is 11.8 Å². The first-order chi connectivity index (χ1) is 19.6. The number of para-hydroxylation sites is 1. The van der Waals surface area contributed by atoms with Crippen molar-refractivity contribution in [3.8, 4) is 11.1 Å². The molecule has 6 heteroatoms. The van der Waals surface area contributed by atoms with E-state index in [4.69, 9.17) is 11.6 Å². The van der Waals surface area contributed by atoms with Gasteiger partial charge in [0.15, 0.2) is 0 Å². The Kier molecular flexibility index (Phi) is 6.41. The maximum atomic E-state index is 14.0. The Morgan fingerprint density at radius 3 is 2.45 bits per heavy atom. The van der Waals surface area contributed by atoms with Crippen LogP contribution in [0.5, 0.6) is 0 Å². The maximum Gasteiger partial charge on any atom is 0.259 e. The highest BCUT2D eigenvalue weighted by atomic mass is 35.5. The number of rotatable bonds is 4. The summed E-state index contributed by atoms with van der Waals surface area (Å²) in [5, 5.41) is 3.30. The fourth-order valence-electron chi connectivity index (χ4n) is 6.93. The molecule has 5 nitrogen and oxygen atoms in total. The van der Waals surface area contributed by atoms with Gasteiger partial charge < -0.3 is 10.2 Å². The molecule has 1 saturated carbocycles. The largest absolute Gasteiger partial charge is 0.322 e. The van der Waals surface area contributed by atoms with E-state index in [1.165, 1.54) is 24.8 Å². The van der Waals surface area contributed by atoms with E-state index in [0.717, 1.165) is 23.4 Å². The summed E-state index contributed by atoms with van der Waals surface area (Å²) >= 11 is 6.73. The molecule has 2 bridgehead atoms. The van der Waals surface area contributed by atoms with Crippen LogP contribution in [0.3, 0.4) is 0 Å². The van der Waals surface area contributed by atoms with Gasteiger partial charge in [0.1, 0.15) is 0 Å². The quantitative estimate of drug-likeness (QED) is 0.292. The normalized spacial score (nSPS) is 21.4. The summed E-state index contributed by atoms with van der Waals surface area (Å²) in [6, 6.07) is 31.8. The minimum absolute atomic E-state index is 0.102. The molecule has 2 aliphatic heterocycles. The molecule has 7 rings (SSSR count). The van der Waals surface area contributed by atoms with Crippen LogP contribution in [0.25, 0.3) is 11.1 Å². The first-order valence-electron chi connectivity index (χ1n) is 14.0. The minimum Gasteiger partial charge on any atom is -0.322 e. The van der Waals surface area contributed by atoms with Gasteiger partial charge in [0, 0.05) is 42.1 Å². The highest BCUT2D eigenvalue weighted by molar-refractivity contribution is 6.35. The molecule has 0 aromatic heterocycles. The van der Waals surface area contributed by atoms with Crippen molar-refractivity contribution in [2.24, 2.45) is 5.92 Å². The molecule has 3 aliphatic rings. The Morgan fingerprint density at radius 2 is 1.60 bits per heavy atom. The molecular weight excluding hydrogens is 518 g/mol. The van der Waals surface area contributed by atoms with Gasteiger partial charge in [-0.25, -0.2) is 0 Å². The number of hydrogen-bond acceptors (Lipinski definition) is 3. The zero-order chi connectivity index (χ0) is 27.2. The Bertz CT molecular complexity index is 1600. The number of hydrogen-bond donors (Lipinski definition) is 1. The van der Waals surface area contributed by atoms with Crippen molar-refractivity contribution in [1.29, 1.82) is 0 Å². The minimum atomic E-state index is -0.229. The topological polar surface area (TPSA) is 52.7 Å². The van der Waals surface area contributed by atoms with Crippen LogP contribution in [0.15, 0.2) is 97.1 Å². The number of amides is 2. The Labute approximate surface area is 239 Å². The van der Waals surface area contributed by atoms with Gasteiger partial charge in [-0.05, 0) is 72.2 Å². The first-order valence-corrected chi connectivity index (χ1v) is 14.4. The summed E-state index contributed by atoms with van der Waals surface area (Å²) in [4.78, 5) is 31.9. The second kappa shape index (κ2) is 10.2. The number of benzene rings is 4. The third-order valence-electron chi connectivity index (χ3n) is 8.85. The third kappa shape index (κ3) is 4.40. The predicted octanol–water partition coefficient (Wildman–Crippen LogP) is 7.27. The summed E-state index contributed by atoms with van der Waals surface area (Å²) in [5.41, 5.74) is 5.53. The molecule has 40 heavy (non-hydrogen) atoms. The zero-order valence-corrected chi connectivity index (χ0v) is 22.9. The lowest BCUT2D eigenvalue weighted by Gasteiger charge is -2.35. The van der Waals surface area contributed by atoms with Crippen molar-refractivity contribution in [1.82, 2.24) is 4.90 Å². The molecule has 1 saturated heterocycles. The molecule has 2 heterocycles. The number of carbonyl (C=O) groups excluding carboxylic acids is 2. The van der Waals surface area contributed by atoms with Crippen LogP contribution < -0.4 is 10.2 Å². The van der Waals surface area contributed by atoms with E-state index in [1.54, 1.807) is 18.2 Å². The molecule has 0 unspecified atom stereocenters. The molecule has 1 aliphatic carbocycles. The number of anilines is 2. The fraction of sp³-hybridized carbons (Fsp3) is 0.235. The van der Waals surface area contributed by atoms with Crippen LogP contribution >= 0.6 is 11.6 Å². The lowest BCUT2D eigenvalue weighted by Crippen LogP contribution is -2.46. The molecule has 0 spiro atoms. The molecule has 4 aromatic carbocycles. The van der Waals surface area contributed by atoms with Gasteiger partial charge in [-0.3, -0.25) is 14.5 Å². The zero-order valence-electron chi connectivity index (χ0n) is 22.1. The van der Waals surface area contributed by atoms with Crippen LogP contribution in [0, 0.1) is 5.92 Å². The van der Waals surface area contributed by atoms with Gasteiger partial charge in [-0.15, -0.1) is 0 Å². The van der Waals surface area contributed by atoms with Crippen molar-refractivity contribution in [3.05, 3.63) is 119 Å². The molecule has 200 valence electrons. The van der Waals surface area contributed by atoms with E-state index in [2.05, 4.69) is 22.3 Å². The number of fused-ring (bicyclic) bond motifs is 6. The molecule has 4 aromatic rings. The summed E-state index contributed by atoms with van der Waals surface area (Å²) in [5.74, 6) is 0.309. The number of piperidine rings is 1. The van der Waals surface area contributed by atoms with Crippen LogP contribution in [0.2, 0.25) is 5.02 Å². The molecule has 0 radical (unpaired) electrons. The van der Waals surface area contributed by atoms with E-state index in [-0.39, 0.29) is 11.8 Å². The second-order valence-electron chi connectivity index (χ2n) is 11.1. The predicted molar refractivity (Wildman–Crippen MR) is 160 cm³/mol. The van der Waals surface area contributed by atoms with Gasteiger partial charge in [0.05, 0.1) is 10.6 Å². The molecule has 3 atom stereocenters. The van der Waals surface area contributed by atoms with Crippen molar-refractivity contribution in [3.63, 3.8) is 0 Å². The highest BCUT2D eigenvalue weighted by Gasteiger charge is 2.48. The lowest BCUT2D eigenvalue weighted by atomic mass is 9.98. The third-order valence-corrected chi connectivity index (χ3v) is 9.16. The van der Waals surface area contributed by atoms with E-state index >= 15 is 0 Å². The van der Waals surface area contributed by atoms with E-state index < -0.39 is 0 Å². The van der Waals surface area contributed by atoms with Crippen molar-refractivity contribution >= 4 is 34.8 Å². The number of carbonyl (C=O) groups is 2. The van der Waals surface area contributed by atoms with E-state index in [0.29, 0.717) is 46.4 Å². The molecule has 2 fully saturated rings. The Hall–Kier alpha value is -3.93. The van der Waals surface area contributed by atoms with Gasteiger partial charge >= 0.3 is 0 Å². The standard InChI is InChI=1S/C34H30ClN3O2/c35-30-19-25(36-33(39)28-12-6-5-11-27(28)22-8-2-1-3-9-22)15-17-29(30)34(40)38-21-32-23-14-16-26(18-23)37(32)20-24-10-4-7-13-31(24)38/h1-13,15,17,19,23,26,32H,14,16,18,20-21H2,(H,36,39)/t23-,26+,32+/m0/s1. The van der Waals surface area contributed by atoms with Gasteiger partial charge in [-0.2, -0.15) is 0 Å².